The van der Waals surface area contributed by atoms with Crippen LogP contribution in [0, 0.1) is 0 Å². The molecule has 2 rings (SSSR count). The molecule has 20 heavy (non-hydrogen) atoms. The first-order chi connectivity index (χ1) is 9.70. The summed E-state index contributed by atoms with van der Waals surface area (Å²) in [5.74, 6) is 0.928. The molecule has 0 bridgehead atoms. The predicted molar refractivity (Wildman–Crippen MR) is 91.2 cm³/mol. The van der Waals surface area contributed by atoms with Crippen LogP contribution in [0.15, 0.2) is 53.9 Å². The SMILES string of the molecule is CN/C(=C\SCc1ccccc1)c1ccc(Cl)cc1Cl. The molecule has 2 aromatic carbocycles. The van der Waals surface area contributed by atoms with Crippen molar-refractivity contribution >= 4 is 40.7 Å². The maximum absolute atomic E-state index is 6.22. The Kier molecular flexibility index (Phi) is 5.84. The molecule has 1 nitrogen and oxygen atoms in total. The fraction of sp³-hybridized carbons (Fsp3) is 0.125. The minimum absolute atomic E-state index is 0.645. The van der Waals surface area contributed by atoms with E-state index in [2.05, 4.69) is 35.0 Å². The summed E-state index contributed by atoms with van der Waals surface area (Å²) in [6.45, 7) is 0. The summed E-state index contributed by atoms with van der Waals surface area (Å²) in [6, 6.07) is 15.9. The molecule has 0 aromatic heterocycles. The smallest absolute Gasteiger partial charge is 0.0514 e. The van der Waals surface area contributed by atoms with E-state index in [1.54, 1.807) is 17.8 Å². The molecule has 2 aromatic rings. The normalized spacial score (nSPS) is 11.4. The average Bonchev–Trinajstić information content (AvgIpc) is 2.46. The number of hydrogen-bond donors (Lipinski definition) is 1. The Morgan fingerprint density at radius 3 is 2.55 bits per heavy atom. The zero-order valence-corrected chi connectivity index (χ0v) is 13.4. The number of nitrogens with one attached hydrogen (secondary N) is 1. The van der Waals surface area contributed by atoms with Gasteiger partial charge in [-0.1, -0.05) is 53.5 Å². The summed E-state index contributed by atoms with van der Waals surface area (Å²) >= 11 is 13.9. The van der Waals surface area contributed by atoms with Gasteiger partial charge in [0, 0.05) is 29.1 Å². The van der Waals surface area contributed by atoms with Crippen molar-refractivity contribution in [2.24, 2.45) is 0 Å². The molecule has 0 heterocycles. The summed E-state index contributed by atoms with van der Waals surface area (Å²) in [6.07, 6.45) is 0. The van der Waals surface area contributed by atoms with Gasteiger partial charge in [-0.05, 0) is 29.2 Å². The first-order valence-corrected chi connectivity index (χ1v) is 8.00. The molecule has 0 fully saturated rings. The lowest BCUT2D eigenvalue weighted by atomic mass is 10.2. The third-order valence-electron chi connectivity index (χ3n) is 2.78. The van der Waals surface area contributed by atoms with Gasteiger partial charge in [-0.25, -0.2) is 0 Å². The monoisotopic (exact) mass is 323 g/mol. The summed E-state index contributed by atoms with van der Waals surface area (Å²) in [5, 5.41) is 6.56. The standard InChI is InChI=1S/C16H15Cl2NS/c1-19-16(14-8-7-13(17)9-15(14)18)11-20-10-12-5-3-2-4-6-12/h2-9,11,19H,10H2,1H3/b16-11-. The van der Waals surface area contributed by atoms with E-state index in [0.717, 1.165) is 17.0 Å². The van der Waals surface area contributed by atoms with Gasteiger partial charge in [0.1, 0.15) is 0 Å². The van der Waals surface area contributed by atoms with Crippen LogP contribution in [0.5, 0.6) is 0 Å². The molecule has 0 amide bonds. The van der Waals surface area contributed by atoms with E-state index in [4.69, 9.17) is 23.2 Å². The van der Waals surface area contributed by atoms with Crippen LogP contribution < -0.4 is 5.32 Å². The Balaban J connectivity index is 2.09. The van der Waals surface area contributed by atoms with E-state index < -0.39 is 0 Å². The topological polar surface area (TPSA) is 12.0 Å². The van der Waals surface area contributed by atoms with Crippen LogP contribution in [-0.2, 0) is 5.75 Å². The van der Waals surface area contributed by atoms with Crippen LogP contribution >= 0.6 is 35.0 Å². The molecule has 0 aliphatic rings. The number of rotatable bonds is 5. The summed E-state index contributed by atoms with van der Waals surface area (Å²) < 4.78 is 0. The predicted octanol–water partition coefficient (Wildman–Crippen LogP) is 5.44. The van der Waals surface area contributed by atoms with E-state index in [9.17, 15) is 0 Å². The molecule has 0 saturated carbocycles. The van der Waals surface area contributed by atoms with Gasteiger partial charge in [-0.15, -0.1) is 11.8 Å². The first kappa shape index (κ1) is 15.3. The second-order valence-electron chi connectivity index (χ2n) is 4.20. The molecule has 4 heteroatoms. The highest BCUT2D eigenvalue weighted by atomic mass is 35.5. The zero-order chi connectivity index (χ0) is 14.4. The van der Waals surface area contributed by atoms with Gasteiger partial charge in [0.05, 0.1) is 5.02 Å². The van der Waals surface area contributed by atoms with E-state index in [0.29, 0.717) is 10.0 Å². The molecule has 104 valence electrons. The van der Waals surface area contributed by atoms with Gasteiger partial charge in [0.15, 0.2) is 0 Å². The average molecular weight is 324 g/mol. The van der Waals surface area contributed by atoms with Crippen LogP contribution in [-0.4, -0.2) is 7.05 Å². The fourth-order valence-electron chi connectivity index (χ4n) is 1.76. The minimum Gasteiger partial charge on any atom is -0.387 e. The Hall–Kier alpha value is -1.09. The van der Waals surface area contributed by atoms with E-state index in [1.165, 1.54) is 5.56 Å². The van der Waals surface area contributed by atoms with Crippen molar-refractivity contribution in [2.45, 2.75) is 5.75 Å². The zero-order valence-electron chi connectivity index (χ0n) is 11.1. The largest absolute Gasteiger partial charge is 0.387 e. The lowest BCUT2D eigenvalue weighted by Gasteiger charge is -2.09. The Bertz CT molecular complexity index is 597. The number of thioether (sulfide) groups is 1. The number of hydrogen-bond acceptors (Lipinski definition) is 2. The Morgan fingerprint density at radius 2 is 1.90 bits per heavy atom. The van der Waals surface area contributed by atoms with Gasteiger partial charge in [-0.2, -0.15) is 0 Å². The molecule has 0 aliphatic carbocycles. The Labute approximate surface area is 134 Å². The maximum atomic E-state index is 6.22. The van der Waals surface area contributed by atoms with Crippen LogP contribution in [0.25, 0.3) is 5.70 Å². The molecular weight excluding hydrogens is 309 g/mol. The highest BCUT2D eigenvalue weighted by Crippen LogP contribution is 2.27. The van der Waals surface area contributed by atoms with Gasteiger partial charge in [0.25, 0.3) is 0 Å². The van der Waals surface area contributed by atoms with Gasteiger partial charge >= 0.3 is 0 Å². The van der Waals surface area contributed by atoms with Crippen molar-refractivity contribution < 1.29 is 0 Å². The molecule has 0 aliphatic heterocycles. The second kappa shape index (κ2) is 7.63. The van der Waals surface area contributed by atoms with Crippen LogP contribution in [0.4, 0.5) is 0 Å². The maximum Gasteiger partial charge on any atom is 0.0514 e. The number of halogens is 2. The fourth-order valence-corrected chi connectivity index (χ4v) is 3.15. The highest BCUT2D eigenvalue weighted by molar-refractivity contribution is 8.01. The summed E-state index contributed by atoms with van der Waals surface area (Å²) in [7, 11) is 1.89. The highest BCUT2D eigenvalue weighted by Gasteiger charge is 2.05. The van der Waals surface area contributed by atoms with Crippen molar-refractivity contribution in [1.29, 1.82) is 0 Å². The second-order valence-corrected chi connectivity index (χ2v) is 5.90. The van der Waals surface area contributed by atoms with Crippen molar-refractivity contribution in [1.82, 2.24) is 5.32 Å². The third kappa shape index (κ3) is 4.20. The summed E-state index contributed by atoms with van der Waals surface area (Å²) in [5.41, 5.74) is 3.25. The molecule has 0 spiro atoms. The summed E-state index contributed by atoms with van der Waals surface area (Å²) in [4.78, 5) is 0. The van der Waals surface area contributed by atoms with Crippen molar-refractivity contribution in [3.63, 3.8) is 0 Å². The molecule has 0 atom stereocenters. The number of benzene rings is 2. The molecule has 0 saturated heterocycles. The quantitative estimate of drug-likeness (QED) is 0.785. The molecule has 1 N–H and O–H groups in total. The lowest BCUT2D eigenvalue weighted by molar-refractivity contribution is 1.13. The van der Waals surface area contributed by atoms with Crippen molar-refractivity contribution in [2.75, 3.05) is 7.05 Å². The third-order valence-corrected chi connectivity index (χ3v) is 4.23. The molecule has 0 unspecified atom stereocenters. The molecular formula is C16H15Cl2NS. The van der Waals surface area contributed by atoms with Crippen LogP contribution in [0.3, 0.4) is 0 Å². The van der Waals surface area contributed by atoms with Crippen LogP contribution in [0.2, 0.25) is 10.0 Å². The van der Waals surface area contributed by atoms with Crippen LogP contribution in [0.1, 0.15) is 11.1 Å². The first-order valence-electron chi connectivity index (χ1n) is 6.19. The van der Waals surface area contributed by atoms with E-state index >= 15 is 0 Å². The van der Waals surface area contributed by atoms with Gasteiger partial charge in [-0.3, -0.25) is 0 Å². The minimum atomic E-state index is 0.645. The van der Waals surface area contributed by atoms with E-state index in [1.807, 2.05) is 25.2 Å². The lowest BCUT2D eigenvalue weighted by Crippen LogP contribution is -2.04. The Morgan fingerprint density at radius 1 is 1.15 bits per heavy atom. The molecule has 0 radical (unpaired) electrons. The van der Waals surface area contributed by atoms with E-state index in [-0.39, 0.29) is 0 Å². The van der Waals surface area contributed by atoms with Crippen molar-refractivity contribution in [3.05, 3.63) is 75.1 Å². The van der Waals surface area contributed by atoms with Gasteiger partial charge < -0.3 is 5.32 Å². The van der Waals surface area contributed by atoms with Crippen molar-refractivity contribution in [3.8, 4) is 0 Å². The van der Waals surface area contributed by atoms with Gasteiger partial charge in [0.2, 0.25) is 0 Å².